The van der Waals surface area contributed by atoms with Gasteiger partial charge in [-0.05, 0) is 0 Å². The molecular formula is C8H13N5O3. The molecule has 8 nitrogen and oxygen atoms in total. The first-order chi connectivity index (χ1) is 7.61. The van der Waals surface area contributed by atoms with Crippen LogP contribution in [0.2, 0.25) is 0 Å². The Morgan fingerprint density at radius 2 is 2.25 bits per heavy atom. The standard InChI is InChI=1S/C8H13N5O3/c1-6(15)9-11-8(16)5-13-4-7(2-3-14)10-12-13/h4,14H,2-3,5H2,1H3,(H,9,15)(H,11,16). The minimum Gasteiger partial charge on any atom is -0.396 e. The fourth-order valence-corrected chi connectivity index (χ4v) is 0.989. The molecule has 3 N–H and O–H groups in total. The highest BCUT2D eigenvalue weighted by Crippen LogP contribution is 1.93. The van der Waals surface area contributed by atoms with E-state index in [0.717, 1.165) is 0 Å². The van der Waals surface area contributed by atoms with Crippen molar-refractivity contribution in [3.63, 3.8) is 0 Å². The molecular weight excluding hydrogens is 214 g/mol. The Balaban J connectivity index is 2.40. The molecule has 0 aliphatic rings. The molecule has 0 aliphatic heterocycles. The zero-order chi connectivity index (χ0) is 12.0. The Bertz CT molecular complexity index is 376. The molecule has 8 heteroatoms. The Morgan fingerprint density at radius 1 is 1.50 bits per heavy atom. The number of nitrogens with one attached hydrogen (secondary N) is 2. The number of rotatable bonds is 4. The summed E-state index contributed by atoms with van der Waals surface area (Å²) in [7, 11) is 0. The number of carbonyl (C=O) groups is 2. The van der Waals surface area contributed by atoms with Crippen molar-refractivity contribution in [3.8, 4) is 0 Å². The molecule has 1 aromatic rings. The Hall–Kier alpha value is -1.96. The highest BCUT2D eigenvalue weighted by Gasteiger charge is 2.05. The number of nitrogens with zero attached hydrogens (tertiary/aromatic N) is 3. The largest absolute Gasteiger partial charge is 0.396 e. The molecule has 88 valence electrons. The SMILES string of the molecule is CC(=O)NNC(=O)Cn1cc(CCO)nn1. The van der Waals surface area contributed by atoms with Gasteiger partial charge in [0.15, 0.2) is 0 Å². The van der Waals surface area contributed by atoms with Gasteiger partial charge >= 0.3 is 0 Å². The predicted molar refractivity (Wildman–Crippen MR) is 52.8 cm³/mol. The average Bonchev–Trinajstić information content (AvgIpc) is 2.63. The first-order valence-corrected chi connectivity index (χ1v) is 4.67. The molecule has 0 atom stereocenters. The van der Waals surface area contributed by atoms with Gasteiger partial charge in [-0.15, -0.1) is 5.10 Å². The molecule has 16 heavy (non-hydrogen) atoms. The van der Waals surface area contributed by atoms with Gasteiger partial charge in [0.05, 0.1) is 5.69 Å². The summed E-state index contributed by atoms with van der Waals surface area (Å²) in [5, 5.41) is 16.1. The predicted octanol–water partition coefficient (Wildman–Crippen LogP) is -2.02. The maximum Gasteiger partial charge on any atom is 0.260 e. The van der Waals surface area contributed by atoms with Crippen molar-refractivity contribution in [1.29, 1.82) is 0 Å². The molecule has 0 aliphatic carbocycles. The van der Waals surface area contributed by atoms with Gasteiger partial charge in [0.1, 0.15) is 6.54 Å². The number of aliphatic hydroxyl groups excluding tert-OH is 1. The summed E-state index contributed by atoms with van der Waals surface area (Å²) < 4.78 is 1.32. The van der Waals surface area contributed by atoms with E-state index >= 15 is 0 Å². The van der Waals surface area contributed by atoms with Crippen LogP contribution >= 0.6 is 0 Å². The lowest BCUT2D eigenvalue weighted by molar-refractivity contribution is -0.128. The fourth-order valence-electron chi connectivity index (χ4n) is 0.989. The van der Waals surface area contributed by atoms with Crippen molar-refractivity contribution < 1.29 is 14.7 Å². The monoisotopic (exact) mass is 227 g/mol. The van der Waals surface area contributed by atoms with Gasteiger partial charge in [0.2, 0.25) is 5.91 Å². The van der Waals surface area contributed by atoms with Crippen molar-refractivity contribution in [2.75, 3.05) is 6.61 Å². The van der Waals surface area contributed by atoms with E-state index in [1.54, 1.807) is 6.20 Å². The van der Waals surface area contributed by atoms with Gasteiger partial charge < -0.3 is 5.11 Å². The number of hydrogen-bond acceptors (Lipinski definition) is 5. The van der Waals surface area contributed by atoms with Gasteiger partial charge in [0, 0.05) is 26.1 Å². The van der Waals surface area contributed by atoms with Crippen molar-refractivity contribution in [3.05, 3.63) is 11.9 Å². The lowest BCUT2D eigenvalue weighted by Gasteiger charge is -2.03. The minimum absolute atomic E-state index is 0.0171. The van der Waals surface area contributed by atoms with Crippen molar-refractivity contribution in [2.24, 2.45) is 0 Å². The maximum atomic E-state index is 11.2. The molecule has 2 amide bonds. The lowest BCUT2D eigenvalue weighted by Crippen LogP contribution is -2.42. The first-order valence-electron chi connectivity index (χ1n) is 4.67. The third-order valence-electron chi connectivity index (χ3n) is 1.64. The molecule has 0 aromatic carbocycles. The number of hydrogen-bond donors (Lipinski definition) is 3. The average molecular weight is 227 g/mol. The van der Waals surface area contributed by atoms with E-state index in [1.807, 2.05) is 0 Å². The maximum absolute atomic E-state index is 11.2. The second-order valence-electron chi connectivity index (χ2n) is 3.11. The van der Waals surface area contributed by atoms with Gasteiger partial charge in [-0.1, -0.05) is 5.21 Å². The van der Waals surface area contributed by atoms with Gasteiger partial charge in [-0.3, -0.25) is 20.4 Å². The quantitative estimate of drug-likeness (QED) is 0.514. The highest BCUT2D eigenvalue weighted by molar-refractivity contribution is 5.80. The number of carbonyl (C=O) groups excluding carboxylic acids is 2. The van der Waals surface area contributed by atoms with E-state index in [1.165, 1.54) is 11.6 Å². The van der Waals surface area contributed by atoms with Crippen LogP contribution in [0.1, 0.15) is 12.6 Å². The van der Waals surface area contributed by atoms with E-state index in [9.17, 15) is 9.59 Å². The summed E-state index contributed by atoms with van der Waals surface area (Å²) in [5.74, 6) is -0.761. The van der Waals surface area contributed by atoms with E-state index in [0.29, 0.717) is 12.1 Å². The van der Waals surface area contributed by atoms with Crippen LogP contribution in [0.3, 0.4) is 0 Å². The minimum atomic E-state index is -0.407. The van der Waals surface area contributed by atoms with Crippen LogP contribution in [0.15, 0.2) is 6.20 Å². The van der Waals surface area contributed by atoms with Gasteiger partial charge in [-0.25, -0.2) is 4.68 Å². The molecule has 0 saturated heterocycles. The molecule has 0 spiro atoms. The van der Waals surface area contributed by atoms with E-state index in [-0.39, 0.29) is 19.1 Å². The van der Waals surface area contributed by atoms with Crippen LogP contribution < -0.4 is 10.9 Å². The van der Waals surface area contributed by atoms with Crippen LogP contribution in [0.25, 0.3) is 0 Å². The lowest BCUT2D eigenvalue weighted by atomic mass is 10.3. The highest BCUT2D eigenvalue weighted by atomic mass is 16.3. The number of hydrazine groups is 1. The van der Waals surface area contributed by atoms with Crippen LogP contribution in [0, 0.1) is 0 Å². The summed E-state index contributed by atoms with van der Waals surface area (Å²) in [5.41, 5.74) is 4.96. The van der Waals surface area contributed by atoms with Crippen molar-refractivity contribution in [2.45, 2.75) is 19.9 Å². The molecule has 0 saturated carbocycles. The topological polar surface area (TPSA) is 109 Å². The van der Waals surface area contributed by atoms with E-state index in [2.05, 4.69) is 21.2 Å². The Morgan fingerprint density at radius 3 is 2.88 bits per heavy atom. The zero-order valence-electron chi connectivity index (χ0n) is 8.80. The normalized spacial score (nSPS) is 9.88. The van der Waals surface area contributed by atoms with E-state index < -0.39 is 5.91 Å². The molecule has 1 rings (SSSR count). The Kier molecular flexibility index (Phi) is 4.40. The molecule has 0 unspecified atom stereocenters. The molecule has 0 bridgehead atoms. The second-order valence-corrected chi connectivity index (χ2v) is 3.11. The van der Waals surface area contributed by atoms with Crippen molar-refractivity contribution >= 4 is 11.8 Å². The summed E-state index contributed by atoms with van der Waals surface area (Å²) in [6.07, 6.45) is 1.96. The molecule has 1 aromatic heterocycles. The van der Waals surface area contributed by atoms with E-state index in [4.69, 9.17) is 5.11 Å². The fraction of sp³-hybridized carbons (Fsp3) is 0.500. The van der Waals surface area contributed by atoms with Crippen LogP contribution in [0.5, 0.6) is 0 Å². The number of aliphatic hydroxyl groups is 1. The number of amides is 2. The summed E-state index contributed by atoms with van der Waals surface area (Å²) in [6.45, 7) is 1.23. The molecule has 0 fully saturated rings. The zero-order valence-corrected chi connectivity index (χ0v) is 8.80. The second kappa shape index (κ2) is 5.81. The molecule has 1 heterocycles. The van der Waals surface area contributed by atoms with Crippen molar-refractivity contribution in [1.82, 2.24) is 25.8 Å². The smallest absolute Gasteiger partial charge is 0.260 e. The van der Waals surface area contributed by atoms with Gasteiger partial charge in [-0.2, -0.15) is 0 Å². The first kappa shape index (κ1) is 12.1. The van der Waals surface area contributed by atoms with Crippen LogP contribution in [-0.4, -0.2) is 38.5 Å². The van der Waals surface area contributed by atoms with Crippen LogP contribution in [-0.2, 0) is 22.6 Å². The summed E-state index contributed by atoms with van der Waals surface area (Å²) in [4.78, 5) is 21.7. The Labute approximate surface area is 91.6 Å². The van der Waals surface area contributed by atoms with Crippen LogP contribution in [0.4, 0.5) is 0 Å². The summed E-state index contributed by atoms with van der Waals surface area (Å²) in [6, 6.07) is 0. The van der Waals surface area contributed by atoms with Gasteiger partial charge in [0.25, 0.3) is 5.91 Å². The third kappa shape index (κ3) is 4.05. The summed E-state index contributed by atoms with van der Waals surface area (Å²) >= 11 is 0. The number of aromatic nitrogens is 3. The third-order valence-corrected chi connectivity index (χ3v) is 1.64. The molecule has 0 radical (unpaired) electrons.